The van der Waals surface area contributed by atoms with Gasteiger partial charge in [-0.2, -0.15) is 0 Å². The molecule has 2 heteroatoms. The lowest BCUT2D eigenvalue weighted by atomic mass is 9.68. The second-order valence-electron chi connectivity index (χ2n) is 3.83. The molecule has 0 aromatic carbocycles. The Hall–Kier alpha value is -0.0800. The number of hydrogen-bond acceptors (Lipinski definition) is 2. The molecule has 0 radical (unpaired) electrons. The fourth-order valence-corrected chi connectivity index (χ4v) is 2.00. The number of hydrogen-bond donors (Lipinski definition) is 2. The zero-order valence-electron chi connectivity index (χ0n) is 7.21. The summed E-state index contributed by atoms with van der Waals surface area (Å²) in [6.45, 7) is 2.42. The first kappa shape index (κ1) is 9.01. The summed E-state index contributed by atoms with van der Waals surface area (Å²) in [5.74, 6) is 0.478. The van der Waals surface area contributed by atoms with E-state index in [0.717, 1.165) is 19.3 Å². The molecule has 2 nitrogen and oxygen atoms in total. The maximum absolute atomic E-state index is 9.15. The first-order valence-corrected chi connectivity index (χ1v) is 4.47. The van der Waals surface area contributed by atoms with Crippen molar-refractivity contribution in [1.82, 2.24) is 0 Å². The van der Waals surface area contributed by atoms with Gasteiger partial charge in [0.25, 0.3) is 0 Å². The van der Waals surface area contributed by atoms with Gasteiger partial charge in [-0.25, -0.2) is 0 Å². The normalized spacial score (nSPS) is 30.3. The lowest BCUT2D eigenvalue weighted by Gasteiger charge is -2.39. The third kappa shape index (κ3) is 1.57. The first-order valence-electron chi connectivity index (χ1n) is 4.47. The lowest BCUT2D eigenvalue weighted by Crippen LogP contribution is -2.39. The van der Waals surface area contributed by atoms with Gasteiger partial charge in [0.2, 0.25) is 0 Å². The van der Waals surface area contributed by atoms with Crippen LogP contribution < -0.4 is 0 Å². The van der Waals surface area contributed by atoms with Crippen LogP contribution in [0.15, 0.2) is 0 Å². The lowest BCUT2D eigenvalue weighted by molar-refractivity contribution is -0.0175. The Morgan fingerprint density at radius 2 is 1.91 bits per heavy atom. The molecule has 0 saturated heterocycles. The third-order valence-corrected chi connectivity index (χ3v) is 3.24. The summed E-state index contributed by atoms with van der Waals surface area (Å²) >= 11 is 0. The van der Waals surface area contributed by atoms with Gasteiger partial charge in [-0.15, -0.1) is 0 Å². The van der Waals surface area contributed by atoms with Gasteiger partial charge < -0.3 is 10.2 Å². The van der Waals surface area contributed by atoms with Gasteiger partial charge in [-0.1, -0.05) is 26.2 Å². The maximum Gasteiger partial charge on any atom is 0.0511 e. The minimum atomic E-state index is -0.168. The smallest absolute Gasteiger partial charge is 0.0511 e. The van der Waals surface area contributed by atoms with E-state index in [1.807, 2.05) is 0 Å². The van der Waals surface area contributed by atoms with Crippen LogP contribution in [0.4, 0.5) is 0 Å². The molecule has 2 N–H and O–H groups in total. The van der Waals surface area contributed by atoms with Gasteiger partial charge in [0.05, 0.1) is 13.2 Å². The van der Waals surface area contributed by atoms with Gasteiger partial charge in [0.15, 0.2) is 0 Å². The highest BCUT2D eigenvalue weighted by atomic mass is 16.3. The van der Waals surface area contributed by atoms with E-state index >= 15 is 0 Å². The Morgan fingerprint density at radius 1 is 1.27 bits per heavy atom. The predicted octanol–water partition coefficient (Wildman–Crippen LogP) is 1.17. The predicted molar refractivity (Wildman–Crippen MR) is 44.2 cm³/mol. The van der Waals surface area contributed by atoms with Crippen molar-refractivity contribution >= 4 is 0 Å². The van der Waals surface area contributed by atoms with Crippen molar-refractivity contribution in [3.8, 4) is 0 Å². The van der Waals surface area contributed by atoms with Crippen molar-refractivity contribution in [2.75, 3.05) is 13.2 Å². The highest BCUT2D eigenvalue weighted by Gasteiger charge is 2.36. The van der Waals surface area contributed by atoms with Crippen LogP contribution in [0.1, 0.15) is 32.6 Å². The Morgan fingerprint density at radius 3 is 2.27 bits per heavy atom. The molecule has 1 rings (SSSR count). The summed E-state index contributed by atoms with van der Waals surface area (Å²) in [7, 11) is 0. The molecule has 1 aliphatic carbocycles. The molecule has 66 valence electrons. The molecule has 0 spiro atoms. The van der Waals surface area contributed by atoms with Crippen molar-refractivity contribution in [1.29, 1.82) is 0 Å². The molecule has 0 heterocycles. The topological polar surface area (TPSA) is 40.5 Å². The molecule has 0 aromatic rings. The van der Waals surface area contributed by atoms with Crippen LogP contribution in [0.25, 0.3) is 0 Å². The highest BCUT2D eigenvalue weighted by Crippen LogP contribution is 2.40. The molecule has 1 fully saturated rings. The van der Waals surface area contributed by atoms with Crippen molar-refractivity contribution in [3.05, 3.63) is 0 Å². The summed E-state index contributed by atoms with van der Waals surface area (Å²) in [6, 6.07) is 0. The average Bonchev–Trinajstić information content (AvgIpc) is 2.06. The van der Waals surface area contributed by atoms with Crippen molar-refractivity contribution in [3.63, 3.8) is 0 Å². The van der Waals surface area contributed by atoms with Crippen LogP contribution in [0.3, 0.4) is 0 Å². The van der Waals surface area contributed by atoms with E-state index in [-0.39, 0.29) is 18.6 Å². The van der Waals surface area contributed by atoms with Crippen LogP contribution in [0.2, 0.25) is 0 Å². The molecule has 1 unspecified atom stereocenters. The Kier molecular flexibility index (Phi) is 2.90. The third-order valence-electron chi connectivity index (χ3n) is 3.24. The number of aliphatic hydroxyl groups is 2. The van der Waals surface area contributed by atoms with Gasteiger partial charge in [0, 0.05) is 5.41 Å². The molecular weight excluding hydrogens is 140 g/mol. The fourth-order valence-electron chi connectivity index (χ4n) is 2.00. The Balaban J connectivity index is 2.61. The van der Waals surface area contributed by atoms with E-state index in [1.165, 1.54) is 6.42 Å². The van der Waals surface area contributed by atoms with Crippen molar-refractivity contribution in [2.45, 2.75) is 32.6 Å². The minimum Gasteiger partial charge on any atom is -0.396 e. The van der Waals surface area contributed by atoms with Crippen LogP contribution in [-0.4, -0.2) is 23.4 Å². The maximum atomic E-state index is 9.15. The van der Waals surface area contributed by atoms with Crippen LogP contribution in [0.5, 0.6) is 0 Å². The molecule has 0 amide bonds. The summed E-state index contributed by atoms with van der Waals surface area (Å²) < 4.78 is 0. The van der Waals surface area contributed by atoms with Gasteiger partial charge in [-0.3, -0.25) is 0 Å². The van der Waals surface area contributed by atoms with E-state index in [9.17, 15) is 0 Å². The second kappa shape index (κ2) is 3.55. The van der Waals surface area contributed by atoms with Crippen LogP contribution in [-0.2, 0) is 0 Å². The van der Waals surface area contributed by atoms with E-state index in [2.05, 4.69) is 6.92 Å². The Bertz CT molecular complexity index is 119. The number of aliphatic hydroxyl groups excluding tert-OH is 2. The summed E-state index contributed by atoms with van der Waals surface area (Å²) in [4.78, 5) is 0. The molecule has 1 atom stereocenters. The second-order valence-corrected chi connectivity index (χ2v) is 3.83. The highest BCUT2D eigenvalue weighted by molar-refractivity contribution is 4.86. The fraction of sp³-hybridized carbons (Fsp3) is 1.00. The molecule has 11 heavy (non-hydrogen) atoms. The molecular formula is C9H18O2. The monoisotopic (exact) mass is 158 g/mol. The molecule has 0 aliphatic heterocycles. The standard InChI is InChI=1S/C9H18O2/c1-8-4-2-3-5-9(8,6-10)7-11/h8,10-11H,2-7H2,1H3. The molecule has 0 bridgehead atoms. The summed E-state index contributed by atoms with van der Waals surface area (Å²) in [5.41, 5.74) is -0.168. The van der Waals surface area contributed by atoms with Crippen molar-refractivity contribution < 1.29 is 10.2 Å². The minimum absolute atomic E-state index is 0.144. The van der Waals surface area contributed by atoms with Crippen LogP contribution in [0, 0.1) is 11.3 Å². The van der Waals surface area contributed by atoms with Gasteiger partial charge in [0.1, 0.15) is 0 Å². The zero-order valence-corrected chi connectivity index (χ0v) is 7.21. The van der Waals surface area contributed by atoms with E-state index in [4.69, 9.17) is 10.2 Å². The summed E-state index contributed by atoms with van der Waals surface area (Å²) in [6.07, 6.45) is 4.55. The van der Waals surface area contributed by atoms with E-state index in [1.54, 1.807) is 0 Å². The van der Waals surface area contributed by atoms with E-state index in [0.29, 0.717) is 5.92 Å². The molecule has 0 aromatic heterocycles. The quantitative estimate of drug-likeness (QED) is 0.633. The average molecular weight is 158 g/mol. The molecule has 1 saturated carbocycles. The van der Waals surface area contributed by atoms with Gasteiger partial charge >= 0.3 is 0 Å². The number of rotatable bonds is 2. The SMILES string of the molecule is CC1CCCCC1(CO)CO. The van der Waals surface area contributed by atoms with E-state index < -0.39 is 0 Å². The molecule has 1 aliphatic rings. The largest absolute Gasteiger partial charge is 0.396 e. The van der Waals surface area contributed by atoms with Gasteiger partial charge in [-0.05, 0) is 12.3 Å². The van der Waals surface area contributed by atoms with Crippen molar-refractivity contribution in [2.24, 2.45) is 11.3 Å². The van der Waals surface area contributed by atoms with Crippen LogP contribution >= 0.6 is 0 Å². The Labute approximate surface area is 68.2 Å². The first-order chi connectivity index (χ1) is 5.25. The summed E-state index contributed by atoms with van der Waals surface area (Å²) in [5, 5.41) is 18.3. The zero-order chi connectivity index (χ0) is 8.32.